The molecular formula is C19H17ClN4O2S. The highest BCUT2D eigenvalue weighted by Gasteiger charge is 2.29. The van der Waals surface area contributed by atoms with Crippen LogP contribution in [0.5, 0.6) is 0 Å². The Kier molecular flexibility index (Phi) is 5.15. The summed E-state index contributed by atoms with van der Waals surface area (Å²) in [5, 5.41) is 17.5. The molecule has 0 aliphatic heterocycles. The number of carbonyl (C=O) groups is 1. The Morgan fingerprint density at radius 3 is 2.81 bits per heavy atom. The van der Waals surface area contributed by atoms with E-state index in [1.54, 1.807) is 18.2 Å². The van der Waals surface area contributed by atoms with Crippen LogP contribution in [-0.2, 0) is 11.2 Å². The molecule has 1 amide bonds. The predicted molar refractivity (Wildman–Crippen MR) is 106 cm³/mol. The van der Waals surface area contributed by atoms with Crippen LogP contribution in [0, 0.1) is 0 Å². The molecule has 8 heteroatoms. The Balaban J connectivity index is 1.50. The summed E-state index contributed by atoms with van der Waals surface area (Å²) >= 11 is 7.18. The van der Waals surface area contributed by atoms with E-state index in [9.17, 15) is 4.79 Å². The average Bonchev–Trinajstić information content (AvgIpc) is 3.41. The highest BCUT2D eigenvalue weighted by molar-refractivity contribution is 7.97. The van der Waals surface area contributed by atoms with Crippen molar-refractivity contribution in [3.63, 3.8) is 0 Å². The first kappa shape index (κ1) is 18.0. The van der Waals surface area contributed by atoms with Crippen molar-refractivity contribution in [3.8, 4) is 11.5 Å². The SMILES string of the molecule is NSc1cc(NC(=O)Cc2ccccc2Cl)ccc1-c1nnc(C2CC2)o1. The highest BCUT2D eigenvalue weighted by atomic mass is 35.5. The van der Waals surface area contributed by atoms with Crippen molar-refractivity contribution in [2.24, 2.45) is 5.14 Å². The molecule has 1 saturated carbocycles. The van der Waals surface area contributed by atoms with Crippen LogP contribution in [0.3, 0.4) is 0 Å². The van der Waals surface area contributed by atoms with Crippen molar-refractivity contribution < 1.29 is 9.21 Å². The van der Waals surface area contributed by atoms with Gasteiger partial charge in [0.15, 0.2) is 0 Å². The number of hydrogen-bond acceptors (Lipinski definition) is 6. The first-order chi connectivity index (χ1) is 13.1. The smallest absolute Gasteiger partial charge is 0.248 e. The van der Waals surface area contributed by atoms with E-state index < -0.39 is 0 Å². The Labute approximate surface area is 165 Å². The van der Waals surface area contributed by atoms with E-state index in [2.05, 4.69) is 15.5 Å². The number of carbonyl (C=O) groups excluding carboxylic acids is 1. The molecule has 6 nitrogen and oxygen atoms in total. The zero-order valence-corrected chi connectivity index (χ0v) is 15.9. The van der Waals surface area contributed by atoms with E-state index in [-0.39, 0.29) is 12.3 Å². The molecule has 0 saturated heterocycles. The lowest BCUT2D eigenvalue weighted by Crippen LogP contribution is -2.14. The molecule has 1 heterocycles. The molecule has 3 N–H and O–H groups in total. The number of nitrogens with one attached hydrogen (secondary N) is 1. The van der Waals surface area contributed by atoms with Gasteiger partial charge in [0.2, 0.25) is 17.7 Å². The lowest BCUT2D eigenvalue weighted by Gasteiger charge is -2.09. The van der Waals surface area contributed by atoms with E-state index in [0.29, 0.717) is 28.4 Å². The lowest BCUT2D eigenvalue weighted by molar-refractivity contribution is -0.115. The standard InChI is InChI=1S/C19H17ClN4O2S/c20-15-4-2-1-3-12(15)9-17(25)22-13-7-8-14(16(10-13)27-21)19-24-23-18(26-19)11-5-6-11/h1-4,7-8,10-11H,5-6,9,21H2,(H,22,25). The summed E-state index contributed by atoms with van der Waals surface area (Å²) in [6.45, 7) is 0. The van der Waals surface area contributed by atoms with E-state index >= 15 is 0 Å². The maximum atomic E-state index is 12.3. The fourth-order valence-electron chi connectivity index (χ4n) is 2.73. The monoisotopic (exact) mass is 400 g/mol. The minimum Gasteiger partial charge on any atom is -0.420 e. The van der Waals surface area contributed by atoms with Crippen molar-refractivity contribution >= 4 is 35.1 Å². The number of nitrogens with zero attached hydrogens (tertiary/aromatic N) is 2. The Hall–Kier alpha value is -2.35. The maximum Gasteiger partial charge on any atom is 0.248 e. The Morgan fingerprint density at radius 2 is 2.07 bits per heavy atom. The van der Waals surface area contributed by atoms with Crippen LogP contribution in [0.1, 0.15) is 30.2 Å². The zero-order chi connectivity index (χ0) is 18.8. The quantitative estimate of drug-likeness (QED) is 0.595. The second-order valence-corrected chi connectivity index (χ2v) is 7.45. The van der Waals surface area contributed by atoms with Gasteiger partial charge in [0.1, 0.15) is 0 Å². The lowest BCUT2D eigenvalue weighted by atomic mass is 10.1. The van der Waals surface area contributed by atoms with E-state index in [4.69, 9.17) is 21.2 Å². The number of anilines is 1. The normalized spacial score (nSPS) is 13.6. The van der Waals surface area contributed by atoms with Gasteiger partial charge >= 0.3 is 0 Å². The van der Waals surface area contributed by atoms with Crippen molar-refractivity contribution in [3.05, 3.63) is 58.9 Å². The van der Waals surface area contributed by atoms with Gasteiger partial charge < -0.3 is 9.73 Å². The summed E-state index contributed by atoms with van der Waals surface area (Å²) in [4.78, 5) is 13.1. The highest BCUT2D eigenvalue weighted by Crippen LogP contribution is 2.40. The molecule has 4 rings (SSSR count). The first-order valence-corrected chi connectivity index (χ1v) is 9.77. The third-order valence-electron chi connectivity index (χ3n) is 4.30. The van der Waals surface area contributed by atoms with Crippen LogP contribution in [0.4, 0.5) is 5.69 Å². The number of amides is 1. The second-order valence-electron chi connectivity index (χ2n) is 6.36. The van der Waals surface area contributed by atoms with Gasteiger partial charge in [-0.05, 0) is 54.6 Å². The number of benzene rings is 2. The summed E-state index contributed by atoms with van der Waals surface area (Å²) < 4.78 is 5.76. The molecule has 1 aliphatic rings. The summed E-state index contributed by atoms with van der Waals surface area (Å²) in [7, 11) is 0. The molecular weight excluding hydrogens is 384 g/mol. The fraction of sp³-hybridized carbons (Fsp3) is 0.211. The minimum absolute atomic E-state index is 0.155. The van der Waals surface area contributed by atoms with Gasteiger partial charge in [0.05, 0.1) is 12.0 Å². The van der Waals surface area contributed by atoms with Gasteiger partial charge in [0, 0.05) is 21.5 Å². The van der Waals surface area contributed by atoms with E-state index in [0.717, 1.165) is 40.8 Å². The van der Waals surface area contributed by atoms with E-state index in [1.165, 1.54) is 0 Å². The van der Waals surface area contributed by atoms with Gasteiger partial charge in [-0.15, -0.1) is 10.2 Å². The van der Waals surface area contributed by atoms with Crippen molar-refractivity contribution in [1.29, 1.82) is 0 Å². The van der Waals surface area contributed by atoms with Gasteiger partial charge in [-0.3, -0.25) is 9.93 Å². The zero-order valence-electron chi connectivity index (χ0n) is 14.3. The van der Waals surface area contributed by atoms with Crippen LogP contribution < -0.4 is 10.5 Å². The Bertz CT molecular complexity index is 987. The topological polar surface area (TPSA) is 94.0 Å². The number of hydrogen-bond donors (Lipinski definition) is 2. The van der Waals surface area contributed by atoms with Gasteiger partial charge in [0.25, 0.3) is 0 Å². The summed E-state index contributed by atoms with van der Waals surface area (Å²) in [5.41, 5.74) is 2.18. The summed E-state index contributed by atoms with van der Waals surface area (Å²) in [6, 6.07) is 12.7. The van der Waals surface area contributed by atoms with Crippen molar-refractivity contribution in [2.45, 2.75) is 30.1 Å². The largest absolute Gasteiger partial charge is 0.420 e. The number of rotatable bonds is 6. The van der Waals surface area contributed by atoms with Crippen LogP contribution in [0.25, 0.3) is 11.5 Å². The van der Waals surface area contributed by atoms with Gasteiger partial charge in [-0.1, -0.05) is 29.8 Å². The maximum absolute atomic E-state index is 12.3. The predicted octanol–water partition coefficient (Wildman–Crippen LogP) is 4.41. The van der Waals surface area contributed by atoms with Crippen LogP contribution in [-0.4, -0.2) is 16.1 Å². The number of nitrogens with two attached hydrogens (primary N) is 1. The molecule has 1 fully saturated rings. The van der Waals surface area contributed by atoms with E-state index in [1.807, 2.05) is 24.3 Å². The van der Waals surface area contributed by atoms with Gasteiger partial charge in [-0.2, -0.15) is 0 Å². The third kappa shape index (κ3) is 4.16. The molecule has 2 aromatic carbocycles. The molecule has 1 aliphatic carbocycles. The molecule has 0 atom stereocenters. The second kappa shape index (κ2) is 7.72. The summed E-state index contributed by atoms with van der Waals surface area (Å²) in [5.74, 6) is 1.36. The fourth-order valence-corrected chi connectivity index (χ4v) is 3.41. The number of halogens is 1. The first-order valence-electron chi connectivity index (χ1n) is 8.52. The van der Waals surface area contributed by atoms with Crippen molar-refractivity contribution in [2.75, 3.05) is 5.32 Å². The average molecular weight is 401 g/mol. The molecule has 0 unspecified atom stereocenters. The van der Waals surface area contributed by atoms with Gasteiger partial charge in [-0.25, -0.2) is 0 Å². The molecule has 0 spiro atoms. The number of aromatic nitrogens is 2. The minimum atomic E-state index is -0.155. The van der Waals surface area contributed by atoms with Crippen LogP contribution >= 0.6 is 23.5 Å². The molecule has 138 valence electrons. The molecule has 27 heavy (non-hydrogen) atoms. The van der Waals surface area contributed by atoms with Crippen molar-refractivity contribution in [1.82, 2.24) is 10.2 Å². The van der Waals surface area contributed by atoms with Crippen LogP contribution in [0.2, 0.25) is 5.02 Å². The molecule has 3 aromatic rings. The summed E-state index contributed by atoms with van der Waals surface area (Å²) in [6.07, 6.45) is 2.38. The molecule has 0 radical (unpaired) electrons. The van der Waals surface area contributed by atoms with Crippen LogP contribution in [0.15, 0.2) is 51.8 Å². The third-order valence-corrected chi connectivity index (χ3v) is 5.26. The molecule has 0 bridgehead atoms. The Morgan fingerprint density at radius 1 is 1.26 bits per heavy atom. The molecule has 1 aromatic heterocycles.